The van der Waals surface area contributed by atoms with Crippen molar-refractivity contribution in [3.63, 3.8) is 0 Å². The molecule has 1 rings (SSSR count). The molecule has 0 spiro atoms. The molecule has 0 radical (unpaired) electrons. The normalized spacial score (nSPS) is 11.1. The van der Waals surface area contributed by atoms with Crippen molar-refractivity contribution in [2.45, 2.75) is 46.5 Å². The van der Waals surface area contributed by atoms with E-state index in [0.717, 1.165) is 48.3 Å². The molecule has 1 aromatic rings. The molecule has 2 heteroatoms. The molecule has 0 saturated heterocycles. The first-order chi connectivity index (χ1) is 11.0. The van der Waals surface area contributed by atoms with E-state index in [1.165, 1.54) is 11.1 Å². The lowest BCUT2D eigenvalue weighted by Gasteiger charge is -2.14. The van der Waals surface area contributed by atoms with Gasteiger partial charge in [-0.2, -0.15) is 0 Å². The number of hydrogen-bond donors (Lipinski definition) is 0. The van der Waals surface area contributed by atoms with Crippen LogP contribution in [0.3, 0.4) is 0 Å². The third-order valence-corrected chi connectivity index (χ3v) is 3.79. The average Bonchev–Trinajstić information content (AvgIpc) is 2.52. The van der Waals surface area contributed by atoms with Crippen molar-refractivity contribution in [3.8, 4) is 11.5 Å². The highest BCUT2D eigenvalue weighted by molar-refractivity contribution is 5.49. The van der Waals surface area contributed by atoms with Crippen LogP contribution in [0.25, 0.3) is 0 Å². The highest BCUT2D eigenvalue weighted by atomic mass is 16.5. The topological polar surface area (TPSA) is 18.5 Å². The molecule has 0 aromatic heterocycles. The van der Waals surface area contributed by atoms with Gasteiger partial charge in [-0.05, 0) is 64.2 Å². The summed E-state index contributed by atoms with van der Waals surface area (Å²) >= 11 is 0. The van der Waals surface area contributed by atoms with Gasteiger partial charge in [-0.25, -0.2) is 0 Å². The minimum absolute atomic E-state index is 0.810. The summed E-state index contributed by atoms with van der Waals surface area (Å²) in [4.78, 5) is 0. The molecular weight excluding hydrogens is 284 g/mol. The maximum Gasteiger partial charge on any atom is 0.126 e. The van der Waals surface area contributed by atoms with Gasteiger partial charge in [0.1, 0.15) is 11.5 Å². The smallest absolute Gasteiger partial charge is 0.126 e. The molecule has 0 N–H and O–H groups in total. The Morgan fingerprint density at radius 3 is 2.09 bits per heavy atom. The Hall–Kier alpha value is -1.96. The Kier molecular flexibility index (Phi) is 8.25. The van der Waals surface area contributed by atoms with Gasteiger partial charge in [0.15, 0.2) is 0 Å². The van der Waals surface area contributed by atoms with Crippen LogP contribution in [0.15, 0.2) is 48.1 Å². The Bertz CT molecular complexity index is 550. The van der Waals surface area contributed by atoms with Crippen LogP contribution >= 0.6 is 0 Å². The molecule has 2 nitrogen and oxygen atoms in total. The first kappa shape index (κ1) is 19.1. The van der Waals surface area contributed by atoms with Crippen LogP contribution in [-0.4, -0.2) is 14.2 Å². The lowest BCUT2D eigenvalue weighted by Crippen LogP contribution is -1.98. The monoisotopic (exact) mass is 314 g/mol. The zero-order chi connectivity index (χ0) is 17.2. The first-order valence-electron chi connectivity index (χ1n) is 8.15. The van der Waals surface area contributed by atoms with Crippen molar-refractivity contribution < 1.29 is 9.47 Å². The summed E-state index contributed by atoms with van der Waals surface area (Å²) < 4.78 is 11.1. The van der Waals surface area contributed by atoms with E-state index < -0.39 is 0 Å². The van der Waals surface area contributed by atoms with Gasteiger partial charge in [-0.3, -0.25) is 0 Å². The summed E-state index contributed by atoms with van der Waals surface area (Å²) in [6, 6.07) is 4.15. The van der Waals surface area contributed by atoms with Gasteiger partial charge >= 0.3 is 0 Å². The zero-order valence-electron chi connectivity index (χ0n) is 15.2. The predicted octanol–water partition coefficient (Wildman–Crippen LogP) is 5.67. The van der Waals surface area contributed by atoms with Crippen LogP contribution in [0.4, 0.5) is 0 Å². The zero-order valence-corrected chi connectivity index (χ0v) is 15.2. The number of hydrogen-bond acceptors (Lipinski definition) is 2. The van der Waals surface area contributed by atoms with E-state index in [9.17, 15) is 0 Å². The van der Waals surface area contributed by atoms with Crippen LogP contribution in [0.5, 0.6) is 11.5 Å². The van der Waals surface area contributed by atoms with Crippen LogP contribution in [0.1, 0.15) is 44.7 Å². The number of allylic oxidation sites excluding steroid dienone is 5. The SMILES string of the molecule is C=CCc1cc(OC)c(C/C=C(\C)CCC=C(C)C)c(OC)c1. The Morgan fingerprint density at radius 2 is 1.61 bits per heavy atom. The molecule has 0 fully saturated rings. The van der Waals surface area contributed by atoms with Crippen LogP contribution in [0, 0.1) is 0 Å². The fraction of sp³-hybridized carbons (Fsp3) is 0.429. The molecule has 0 aliphatic rings. The molecule has 0 atom stereocenters. The maximum atomic E-state index is 5.57. The molecule has 0 aliphatic heterocycles. The molecule has 0 heterocycles. The summed E-state index contributed by atoms with van der Waals surface area (Å²) in [6.07, 6.45) is 10.3. The van der Waals surface area contributed by atoms with Gasteiger partial charge in [-0.15, -0.1) is 6.58 Å². The molecule has 0 saturated carbocycles. The Balaban J connectivity index is 2.93. The van der Waals surface area contributed by atoms with Gasteiger partial charge < -0.3 is 9.47 Å². The van der Waals surface area contributed by atoms with E-state index in [1.807, 2.05) is 6.08 Å². The van der Waals surface area contributed by atoms with Crippen molar-refractivity contribution in [2.24, 2.45) is 0 Å². The molecule has 23 heavy (non-hydrogen) atoms. The van der Waals surface area contributed by atoms with Crippen molar-refractivity contribution in [2.75, 3.05) is 14.2 Å². The lowest BCUT2D eigenvalue weighted by atomic mass is 10.0. The molecule has 0 amide bonds. The molecule has 126 valence electrons. The highest BCUT2D eigenvalue weighted by Gasteiger charge is 2.11. The summed E-state index contributed by atoms with van der Waals surface area (Å²) in [5.41, 5.74) is 5.02. The third kappa shape index (κ3) is 6.35. The van der Waals surface area contributed by atoms with Crippen molar-refractivity contribution in [1.29, 1.82) is 0 Å². The quantitative estimate of drug-likeness (QED) is 0.547. The summed E-state index contributed by atoms with van der Waals surface area (Å²) in [5.74, 6) is 1.77. The Labute approximate surface area is 141 Å². The number of methoxy groups -OCH3 is 2. The van der Waals surface area contributed by atoms with Crippen molar-refractivity contribution >= 4 is 0 Å². The number of ether oxygens (including phenoxy) is 2. The second-order valence-electron chi connectivity index (χ2n) is 6.05. The van der Waals surface area contributed by atoms with Crippen molar-refractivity contribution in [1.82, 2.24) is 0 Å². The van der Waals surface area contributed by atoms with E-state index in [0.29, 0.717) is 0 Å². The van der Waals surface area contributed by atoms with E-state index in [-0.39, 0.29) is 0 Å². The fourth-order valence-corrected chi connectivity index (χ4v) is 2.49. The van der Waals surface area contributed by atoms with Gasteiger partial charge in [0.05, 0.1) is 14.2 Å². The maximum absolute atomic E-state index is 5.57. The van der Waals surface area contributed by atoms with E-state index >= 15 is 0 Å². The molecule has 1 aromatic carbocycles. The summed E-state index contributed by atoms with van der Waals surface area (Å²) in [6.45, 7) is 10.3. The van der Waals surface area contributed by atoms with Crippen LogP contribution < -0.4 is 9.47 Å². The molecule has 0 aliphatic carbocycles. The van der Waals surface area contributed by atoms with Gasteiger partial charge in [0.25, 0.3) is 0 Å². The lowest BCUT2D eigenvalue weighted by molar-refractivity contribution is 0.386. The second kappa shape index (κ2) is 9.94. The van der Waals surface area contributed by atoms with Crippen molar-refractivity contribution in [3.05, 3.63) is 59.2 Å². The van der Waals surface area contributed by atoms with Gasteiger partial charge in [-0.1, -0.05) is 29.4 Å². The number of rotatable bonds is 9. The largest absolute Gasteiger partial charge is 0.496 e. The standard InChI is InChI=1S/C21H30O2/c1-7-9-18-14-20(22-5)19(21(15-18)23-6)13-12-17(4)11-8-10-16(2)3/h7,10,12,14-15H,1,8-9,11,13H2,2-6H3/b17-12+. The minimum Gasteiger partial charge on any atom is -0.496 e. The minimum atomic E-state index is 0.810. The fourth-order valence-electron chi connectivity index (χ4n) is 2.49. The van der Waals surface area contributed by atoms with E-state index in [2.05, 4.69) is 51.6 Å². The Morgan fingerprint density at radius 1 is 1.00 bits per heavy atom. The van der Waals surface area contributed by atoms with Crippen LogP contribution in [0.2, 0.25) is 0 Å². The second-order valence-corrected chi connectivity index (χ2v) is 6.05. The summed E-state index contributed by atoms with van der Waals surface area (Å²) in [7, 11) is 3.42. The molecular formula is C21H30O2. The highest BCUT2D eigenvalue weighted by Crippen LogP contribution is 2.32. The third-order valence-electron chi connectivity index (χ3n) is 3.79. The van der Waals surface area contributed by atoms with Crippen LogP contribution in [-0.2, 0) is 12.8 Å². The first-order valence-corrected chi connectivity index (χ1v) is 8.15. The summed E-state index contributed by atoms with van der Waals surface area (Å²) in [5, 5.41) is 0. The molecule has 0 bridgehead atoms. The average molecular weight is 314 g/mol. The predicted molar refractivity (Wildman–Crippen MR) is 99.6 cm³/mol. The van der Waals surface area contributed by atoms with Gasteiger partial charge in [0.2, 0.25) is 0 Å². The van der Waals surface area contributed by atoms with E-state index in [4.69, 9.17) is 9.47 Å². The molecule has 0 unspecified atom stereocenters. The number of benzene rings is 1. The van der Waals surface area contributed by atoms with E-state index in [1.54, 1.807) is 14.2 Å². The van der Waals surface area contributed by atoms with Gasteiger partial charge in [0, 0.05) is 5.56 Å².